The summed E-state index contributed by atoms with van der Waals surface area (Å²) in [5.41, 5.74) is -0.191. The van der Waals surface area contributed by atoms with Gasteiger partial charge in [0.1, 0.15) is 11.8 Å². The van der Waals surface area contributed by atoms with Gasteiger partial charge in [0.05, 0.1) is 17.4 Å². The van der Waals surface area contributed by atoms with E-state index < -0.39 is 53.5 Å². The van der Waals surface area contributed by atoms with Gasteiger partial charge in [-0.25, -0.2) is 4.79 Å². The number of ether oxygens (including phenoxy) is 2. The molecule has 13 nitrogen and oxygen atoms in total. The van der Waals surface area contributed by atoms with Crippen LogP contribution in [0.1, 0.15) is 50.2 Å². The molecule has 6 rings (SSSR count). The van der Waals surface area contributed by atoms with E-state index in [1.807, 2.05) is 6.07 Å². The number of carboxylic acids is 1. The number of piperidine rings is 1. The van der Waals surface area contributed by atoms with Crippen molar-refractivity contribution in [2.24, 2.45) is 5.92 Å². The fraction of sp³-hybridized carbons (Fsp3) is 0.600. The number of rotatable bonds is 10. The molecule has 2 aliphatic heterocycles. The third-order valence-corrected chi connectivity index (χ3v) is 9.72. The van der Waals surface area contributed by atoms with Crippen molar-refractivity contribution in [3.8, 4) is 11.5 Å². The number of amides is 3. The number of nitrogens with one attached hydrogen (secondary N) is 2. The number of benzene rings is 1. The molecule has 2 heterocycles. The summed E-state index contributed by atoms with van der Waals surface area (Å²) in [5, 5.41) is 37.1. The number of carboxylic acid groups (broad SMARTS) is 1. The number of nitrogens with zero attached hydrogens (tertiary/aromatic N) is 2. The van der Waals surface area contributed by atoms with Crippen LogP contribution in [0, 0.1) is 5.92 Å². The van der Waals surface area contributed by atoms with E-state index in [1.165, 1.54) is 31.7 Å². The molecule has 0 unspecified atom stereocenters. The number of phenols is 1. The van der Waals surface area contributed by atoms with Gasteiger partial charge in [0, 0.05) is 51.6 Å². The molecule has 0 radical (unpaired) electrons. The Balaban J connectivity index is 1.17. The van der Waals surface area contributed by atoms with Gasteiger partial charge in [-0.05, 0) is 55.9 Å². The number of carbonyl (C=O) groups excluding carboxylic acids is 3. The fourth-order valence-corrected chi connectivity index (χ4v) is 7.54. The molecular weight excluding hydrogens is 560 g/mol. The Morgan fingerprint density at radius 2 is 2.02 bits per heavy atom. The predicted octanol–water partition coefficient (Wildman–Crippen LogP) is 0.614. The van der Waals surface area contributed by atoms with Crippen LogP contribution in [0.25, 0.3) is 0 Å². The average Bonchev–Trinajstić information content (AvgIpc) is 3.68. The van der Waals surface area contributed by atoms with E-state index >= 15 is 0 Å². The zero-order valence-corrected chi connectivity index (χ0v) is 24.3. The first-order valence-electron chi connectivity index (χ1n) is 14.8. The summed E-state index contributed by atoms with van der Waals surface area (Å²) in [4.78, 5) is 51.7. The van der Waals surface area contributed by atoms with E-state index in [2.05, 4.69) is 15.5 Å². The number of aliphatic carboxylic acids is 1. The molecule has 1 saturated heterocycles. The predicted molar refractivity (Wildman–Crippen MR) is 150 cm³/mol. The van der Waals surface area contributed by atoms with Crippen molar-refractivity contribution in [2.45, 2.75) is 74.7 Å². The van der Waals surface area contributed by atoms with Gasteiger partial charge in [-0.15, -0.1) is 0 Å². The van der Waals surface area contributed by atoms with Crippen molar-refractivity contribution >= 4 is 23.9 Å². The lowest BCUT2D eigenvalue weighted by Crippen LogP contribution is -2.75. The zero-order chi connectivity index (χ0) is 30.7. The lowest BCUT2D eigenvalue weighted by molar-refractivity contribution is -0.169. The summed E-state index contributed by atoms with van der Waals surface area (Å²) in [6, 6.07) is 2.17. The first kappa shape index (κ1) is 29.2. The van der Waals surface area contributed by atoms with Gasteiger partial charge in [-0.3, -0.25) is 19.3 Å². The molecule has 1 aromatic rings. The Morgan fingerprint density at radius 3 is 2.72 bits per heavy atom. The fourth-order valence-electron chi connectivity index (χ4n) is 7.54. The Labute approximate surface area is 248 Å². The van der Waals surface area contributed by atoms with Crippen molar-refractivity contribution < 1.29 is 44.0 Å². The molecule has 1 aromatic carbocycles. The highest BCUT2D eigenvalue weighted by Gasteiger charge is 2.72. The highest BCUT2D eigenvalue weighted by molar-refractivity contribution is 5.90. The standard InChI is InChI=1S/C30H38N4O9/c1-16(35)32-19(14-23(37)38)27(39)31-10-12-33(2)28(40)42-21-7-8-30(41)22-13-18-5-6-20(36)25-24(18)29(30,26(21)43-25)9-11-34(22)15-17-3-4-17/h5-7,17,19,22,26,36,41H,3-4,8-15H2,1-2H3,(H,31,39)(H,32,35)(H,37,38)/t19-,22-,26+,29+,30-/m1/s1. The van der Waals surface area contributed by atoms with E-state index in [4.69, 9.17) is 14.6 Å². The van der Waals surface area contributed by atoms with Crippen LogP contribution in [0.2, 0.25) is 0 Å². The van der Waals surface area contributed by atoms with Crippen molar-refractivity contribution in [1.82, 2.24) is 20.4 Å². The number of hydrogen-bond donors (Lipinski definition) is 5. The Morgan fingerprint density at radius 1 is 1.26 bits per heavy atom. The number of carbonyl (C=O) groups is 4. The molecule has 13 heteroatoms. The molecule has 1 spiro atoms. The topological polar surface area (TPSA) is 178 Å². The number of phenolic OH excluding ortho intramolecular Hbond substituents is 1. The quantitative estimate of drug-likeness (QED) is 0.256. The van der Waals surface area contributed by atoms with Crippen molar-refractivity contribution in [3.63, 3.8) is 0 Å². The molecule has 2 fully saturated rings. The third-order valence-electron chi connectivity index (χ3n) is 9.72. The van der Waals surface area contributed by atoms with E-state index in [9.17, 15) is 29.4 Å². The van der Waals surface area contributed by atoms with Gasteiger partial charge in [-0.2, -0.15) is 0 Å². The second-order valence-electron chi connectivity index (χ2n) is 12.5. The molecule has 3 amide bonds. The second kappa shape index (κ2) is 10.7. The van der Waals surface area contributed by atoms with Crippen LogP contribution in [-0.2, 0) is 31.0 Å². The molecule has 232 valence electrons. The lowest BCUT2D eigenvalue weighted by Gasteiger charge is -2.62. The number of hydrogen-bond acceptors (Lipinski definition) is 9. The maximum absolute atomic E-state index is 13.2. The minimum absolute atomic E-state index is 0.00994. The molecule has 5 aliphatic rings. The van der Waals surface area contributed by atoms with E-state index in [1.54, 1.807) is 12.1 Å². The molecule has 3 aliphatic carbocycles. The van der Waals surface area contributed by atoms with Gasteiger partial charge >= 0.3 is 12.1 Å². The molecule has 1 saturated carbocycles. The number of likely N-dealkylation sites (tertiary alicyclic amines) is 1. The van der Waals surface area contributed by atoms with E-state index in [-0.39, 0.29) is 37.1 Å². The van der Waals surface area contributed by atoms with Crippen LogP contribution in [-0.4, -0.2) is 106 Å². The van der Waals surface area contributed by atoms with Gasteiger partial charge in [0.15, 0.2) is 17.6 Å². The summed E-state index contributed by atoms with van der Waals surface area (Å²) in [6.07, 6.45) is 3.57. The van der Waals surface area contributed by atoms with Crippen LogP contribution in [0.15, 0.2) is 24.0 Å². The van der Waals surface area contributed by atoms with Crippen molar-refractivity contribution in [2.75, 3.05) is 33.2 Å². The van der Waals surface area contributed by atoms with Gasteiger partial charge in [0.25, 0.3) is 0 Å². The van der Waals surface area contributed by atoms with Crippen molar-refractivity contribution in [1.29, 1.82) is 0 Å². The average molecular weight is 599 g/mol. The Bertz CT molecular complexity index is 1380. The Hall–Kier alpha value is -3.84. The summed E-state index contributed by atoms with van der Waals surface area (Å²) in [5.74, 6) is -1.20. The third kappa shape index (κ3) is 4.88. The summed E-state index contributed by atoms with van der Waals surface area (Å²) in [6.45, 7) is 2.93. The van der Waals surface area contributed by atoms with Crippen LogP contribution >= 0.6 is 0 Å². The second-order valence-corrected chi connectivity index (χ2v) is 12.5. The normalized spacial score (nSPS) is 29.0. The van der Waals surface area contributed by atoms with Gasteiger partial charge in [0.2, 0.25) is 11.8 Å². The van der Waals surface area contributed by atoms with E-state index in [0.29, 0.717) is 24.5 Å². The lowest BCUT2D eigenvalue weighted by atomic mass is 9.50. The largest absolute Gasteiger partial charge is 0.504 e. The number of likely N-dealkylation sites (N-methyl/N-ethyl adjacent to an activating group) is 1. The molecule has 0 aromatic heterocycles. The molecule has 5 N–H and O–H groups in total. The molecule has 5 atom stereocenters. The Kier molecular flexibility index (Phi) is 7.28. The summed E-state index contributed by atoms with van der Waals surface area (Å²) in [7, 11) is 1.50. The van der Waals surface area contributed by atoms with Crippen molar-refractivity contribution in [3.05, 3.63) is 35.1 Å². The monoisotopic (exact) mass is 598 g/mol. The maximum atomic E-state index is 13.2. The molecular formula is C30H38N4O9. The first-order valence-corrected chi connectivity index (χ1v) is 14.8. The molecule has 43 heavy (non-hydrogen) atoms. The van der Waals surface area contributed by atoms with Gasteiger partial charge < -0.3 is 40.3 Å². The van der Waals surface area contributed by atoms with Crippen LogP contribution < -0.4 is 15.4 Å². The smallest absolute Gasteiger partial charge is 0.414 e. The van der Waals surface area contributed by atoms with Crippen LogP contribution in [0.3, 0.4) is 0 Å². The minimum Gasteiger partial charge on any atom is -0.504 e. The van der Waals surface area contributed by atoms with E-state index in [0.717, 1.165) is 24.2 Å². The number of aliphatic hydroxyl groups is 1. The van der Waals surface area contributed by atoms with Crippen LogP contribution in [0.4, 0.5) is 4.79 Å². The molecule has 2 bridgehead atoms. The van der Waals surface area contributed by atoms with Gasteiger partial charge in [-0.1, -0.05) is 6.07 Å². The SMILES string of the molecule is CC(=O)N[C@H](CC(=O)O)C(=O)NCCN(C)C(=O)OC1=CC[C@@]2(O)[C@H]3Cc4ccc(O)c5c4[C@@]2(CCN3CC2CC2)[C@H]1O5. The summed E-state index contributed by atoms with van der Waals surface area (Å²) < 4.78 is 12.2. The summed E-state index contributed by atoms with van der Waals surface area (Å²) >= 11 is 0. The highest BCUT2D eigenvalue weighted by atomic mass is 16.6. The number of aromatic hydroxyl groups is 1. The zero-order valence-electron chi connectivity index (χ0n) is 24.3. The minimum atomic E-state index is -1.24. The van der Waals surface area contributed by atoms with Crippen LogP contribution in [0.5, 0.6) is 11.5 Å². The highest BCUT2D eigenvalue weighted by Crippen LogP contribution is 2.65. The first-order chi connectivity index (χ1) is 20.4. The maximum Gasteiger partial charge on any atom is 0.414 e.